The van der Waals surface area contributed by atoms with Crippen molar-refractivity contribution in [3.8, 4) is 28.9 Å². The Balaban J connectivity index is 1.76. The van der Waals surface area contributed by atoms with E-state index in [1.54, 1.807) is 22.9 Å². The molecule has 0 atom stereocenters. The summed E-state index contributed by atoms with van der Waals surface area (Å²) in [4.78, 5) is 0. The van der Waals surface area contributed by atoms with E-state index in [-0.39, 0.29) is 11.8 Å². The molecule has 0 aliphatic carbocycles. The van der Waals surface area contributed by atoms with Gasteiger partial charge in [0.15, 0.2) is 11.5 Å². The van der Waals surface area contributed by atoms with Crippen molar-refractivity contribution in [3.05, 3.63) is 53.4 Å². The summed E-state index contributed by atoms with van der Waals surface area (Å²) in [5.41, 5.74) is 1.97. The fraction of sp³-hybridized carbons (Fsp3) is 0.0667. The number of hydrogen-bond donors (Lipinski definition) is 0. The van der Waals surface area contributed by atoms with E-state index in [2.05, 4.69) is 20.5 Å². The number of aromatic nitrogens is 5. The van der Waals surface area contributed by atoms with Crippen molar-refractivity contribution >= 4 is 11.6 Å². The van der Waals surface area contributed by atoms with Crippen LogP contribution in [0.2, 0.25) is 5.02 Å². The zero-order valence-electron chi connectivity index (χ0n) is 12.0. The maximum atomic E-state index is 6.21. The first-order valence-corrected chi connectivity index (χ1v) is 7.17. The third kappa shape index (κ3) is 2.31. The molecule has 114 valence electrons. The zero-order chi connectivity index (χ0) is 15.8. The second kappa shape index (κ2) is 5.36. The second-order valence-corrected chi connectivity index (χ2v) is 5.18. The zero-order valence-corrected chi connectivity index (χ0v) is 12.7. The Morgan fingerprint density at radius 3 is 2.61 bits per heavy atom. The molecule has 4 rings (SSSR count). The van der Waals surface area contributed by atoms with Crippen LogP contribution in [0.25, 0.3) is 28.9 Å². The molecule has 3 heterocycles. The smallest absolute Gasteiger partial charge is 0.283 e. The molecular weight excluding hydrogens is 318 g/mol. The van der Waals surface area contributed by atoms with Gasteiger partial charge in [0.1, 0.15) is 0 Å². The Morgan fingerprint density at radius 1 is 1.00 bits per heavy atom. The van der Waals surface area contributed by atoms with Crippen molar-refractivity contribution in [3.63, 3.8) is 0 Å². The molecule has 0 saturated carbocycles. The molecule has 0 amide bonds. The third-order valence-corrected chi connectivity index (χ3v) is 3.65. The summed E-state index contributed by atoms with van der Waals surface area (Å²) in [6.07, 6.45) is 1.54. The molecule has 0 aliphatic heterocycles. The quantitative estimate of drug-likeness (QED) is 0.572. The Hall–Kier alpha value is -2.93. The fourth-order valence-corrected chi connectivity index (χ4v) is 2.41. The van der Waals surface area contributed by atoms with Crippen LogP contribution in [0.5, 0.6) is 0 Å². The molecule has 0 radical (unpaired) electrons. The average molecular weight is 328 g/mol. The van der Waals surface area contributed by atoms with Crippen LogP contribution in [0.15, 0.2) is 51.5 Å². The van der Waals surface area contributed by atoms with E-state index in [9.17, 15) is 0 Å². The predicted octanol–water partition coefficient (Wildman–Crippen LogP) is 3.54. The molecule has 8 heteroatoms. The molecule has 4 aromatic rings. The predicted molar refractivity (Wildman–Crippen MR) is 82.1 cm³/mol. The maximum absolute atomic E-state index is 6.21. The largest absolute Gasteiger partial charge is 0.459 e. The molecule has 0 N–H and O–H groups in total. The van der Waals surface area contributed by atoms with Crippen LogP contribution < -0.4 is 0 Å². The van der Waals surface area contributed by atoms with Gasteiger partial charge in [-0.05, 0) is 31.2 Å². The Bertz CT molecular complexity index is 958. The first-order chi connectivity index (χ1) is 11.2. The number of benzene rings is 1. The highest BCUT2D eigenvalue weighted by molar-refractivity contribution is 6.32. The minimum atomic E-state index is 0.271. The van der Waals surface area contributed by atoms with Crippen LogP contribution in [0.1, 0.15) is 5.69 Å². The molecule has 0 saturated heterocycles. The van der Waals surface area contributed by atoms with E-state index in [1.807, 2.05) is 25.1 Å². The van der Waals surface area contributed by atoms with Gasteiger partial charge in [-0.3, -0.25) is 0 Å². The summed E-state index contributed by atoms with van der Waals surface area (Å²) < 4.78 is 12.5. The van der Waals surface area contributed by atoms with Crippen molar-refractivity contribution in [1.29, 1.82) is 0 Å². The molecule has 0 spiro atoms. The number of nitrogens with zero attached hydrogens (tertiary/aromatic N) is 5. The number of para-hydroxylation sites is 1. The van der Waals surface area contributed by atoms with E-state index in [4.69, 9.17) is 20.4 Å². The molecule has 7 nitrogen and oxygen atoms in total. The van der Waals surface area contributed by atoms with Gasteiger partial charge in [0, 0.05) is 0 Å². The average Bonchev–Trinajstić information content (AvgIpc) is 3.27. The highest BCUT2D eigenvalue weighted by atomic mass is 35.5. The topological polar surface area (TPSA) is 82.8 Å². The standard InChI is InChI=1S/C15H10ClN5O2/c1-9-13(15-19-18-14(23-15)12-7-4-8-22-12)17-20-21(9)11-6-3-2-5-10(11)16/h2-8H,1H3. The van der Waals surface area contributed by atoms with Gasteiger partial charge in [-0.1, -0.05) is 28.9 Å². The molecule has 1 aromatic carbocycles. The summed E-state index contributed by atoms with van der Waals surface area (Å²) >= 11 is 6.21. The Morgan fingerprint density at radius 2 is 1.83 bits per heavy atom. The first kappa shape index (κ1) is 13.7. The summed E-state index contributed by atoms with van der Waals surface area (Å²) in [5, 5.41) is 16.8. The second-order valence-electron chi connectivity index (χ2n) is 4.78. The van der Waals surface area contributed by atoms with Gasteiger partial charge in [0.25, 0.3) is 11.8 Å². The molecule has 0 unspecified atom stereocenters. The van der Waals surface area contributed by atoms with Crippen molar-refractivity contribution in [2.75, 3.05) is 0 Å². The van der Waals surface area contributed by atoms with E-state index >= 15 is 0 Å². The highest BCUT2D eigenvalue weighted by Gasteiger charge is 2.20. The minimum absolute atomic E-state index is 0.271. The Kier molecular flexibility index (Phi) is 3.20. The lowest BCUT2D eigenvalue weighted by Gasteiger charge is -2.04. The van der Waals surface area contributed by atoms with Crippen LogP contribution in [0, 0.1) is 6.92 Å². The van der Waals surface area contributed by atoms with Gasteiger partial charge in [-0.25, -0.2) is 4.68 Å². The molecule has 0 bridgehead atoms. The SMILES string of the molecule is Cc1c(-c2nnc(-c3ccco3)o2)nnn1-c1ccccc1Cl. The lowest BCUT2D eigenvalue weighted by Crippen LogP contribution is -1.99. The molecule has 0 aliphatic rings. The monoisotopic (exact) mass is 327 g/mol. The van der Waals surface area contributed by atoms with Gasteiger partial charge in [0.2, 0.25) is 0 Å². The van der Waals surface area contributed by atoms with Gasteiger partial charge in [0.05, 0.1) is 22.7 Å². The number of halogens is 1. The highest BCUT2D eigenvalue weighted by Crippen LogP contribution is 2.27. The summed E-state index contributed by atoms with van der Waals surface area (Å²) in [7, 11) is 0. The summed E-state index contributed by atoms with van der Waals surface area (Å²) in [6.45, 7) is 1.86. The number of furan rings is 1. The molecular formula is C15H10ClN5O2. The van der Waals surface area contributed by atoms with Gasteiger partial charge >= 0.3 is 0 Å². The number of hydrogen-bond acceptors (Lipinski definition) is 6. The maximum Gasteiger partial charge on any atom is 0.283 e. The lowest BCUT2D eigenvalue weighted by molar-refractivity contribution is 0.522. The van der Waals surface area contributed by atoms with Crippen LogP contribution in [0.3, 0.4) is 0 Å². The van der Waals surface area contributed by atoms with E-state index in [1.165, 1.54) is 6.26 Å². The van der Waals surface area contributed by atoms with Crippen molar-refractivity contribution < 1.29 is 8.83 Å². The van der Waals surface area contributed by atoms with Crippen molar-refractivity contribution in [1.82, 2.24) is 25.2 Å². The van der Waals surface area contributed by atoms with Crippen LogP contribution >= 0.6 is 11.6 Å². The van der Waals surface area contributed by atoms with Crippen LogP contribution in [0.4, 0.5) is 0 Å². The Labute approximate surface area is 135 Å². The minimum Gasteiger partial charge on any atom is -0.459 e. The third-order valence-electron chi connectivity index (χ3n) is 3.33. The normalized spacial score (nSPS) is 11.0. The van der Waals surface area contributed by atoms with Crippen molar-refractivity contribution in [2.24, 2.45) is 0 Å². The van der Waals surface area contributed by atoms with Gasteiger partial charge in [-0.2, -0.15) is 0 Å². The van der Waals surface area contributed by atoms with Crippen LogP contribution in [-0.4, -0.2) is 25.2 Å². The molecule has 0 fully saturated rings. The summed E-state index contributed by atoms with van der Waals surface area (Å²) in [5.74, 6) is 1.06. The first-order valence-electron chi connectivity index (χ1n) is 6.79. The fourth-order valence-electron chi connectivity index (χ4n) is 2.20. The molecule has 23 heavy (non-hydrogen) atoms. The van der Waals surface area contributed by atoms with Gasteiger partial charge < -0.3 is 8.83 Å². The van der Waals surface area contributed by atoms with Gasteiger partial charge in [-0.15, -0.1) is 15.3 Å². The molecule has 3 aromatic heterocycles. The van der Waals surface area contributed by atoms with E-state index in [0.717, 1.165) is 11.4 Å². The van der Waals surface area contributed by atoms with E-state index in [0.29, 0.717) is 16.5 Å². The van der Waals surface area contributed by atoms with Crippen molar-refractivity contribution in [2.45, 2.75) is 6.92 Å². The summed E-state index contributed by atoms with van der Waals surface area (Å²) in [6, 6.07) is 10.9. The van der Waals surface area contributed by atoms with E-state index < -0.39 is 0 Å². The lowest BCUT2D eigenvalue weighted by atomic mass is 10.3. The number of rotatable bonds is 3. The van der Waals surface area contributed by atoms with Crippen LogP contribution in [-0.2, 0) is 0 Å².